The van der Waals surface area contributed by atoms with Gasteiger partial charge in [-0.15, -0.1) is 0 Å². The number of nitrogens with one attached hydrogen (secondary N) is 1. The predicted molar refractivity (Wildman–Crippen MR) is 167 cm³/mol. The molecule has 3 aliphatic rings. The number of piperidine rings is 2. The molecule has 1 unspecified atom stereocenters. The first-order valence-corrected chi connectivity index (χ1v) is 15.1. The van der Waals surface area contributed by atoms with Gasteiger partial charge in [0.15, 0.2) is 5.69 Å². The first-order valence-electron chi connectivity index (χ1n) is 15.1. The second-order valence-corrected chi connectivity index (χ2v) is 12.0. The van der Waals surface area contributed by atoms with Gasteiger partial charge in [-0.25, -0.2) is 9.24 Å². The van der Waals surface area contributed by atoms with Gasteiger partial charge < -0.3 is 4.90 Å². The van der Waals surface area contributed by atoms with Gasteiger partial charge >= 0.3 is 0 Å². The summed E-state index contributed by atoms with van der Waals surface area (Å²) in [4.78, 5) is 44.7. The molecule has 7 rings (SSSR count). The summed E-state index contributed by atoms with van der Waals surface area (Å²) in [6.45, 7) is 8.67. The summed E-state index contributed by atoms with van der Waals surface area (Å²) in [6, 6.07) is 22.4. The van der Waals surface area contributed by atoms with E-state index >= 15 is 0 Å². The summed E-state index contributed by atoms with van der Waals surface area (Å²) in [5.74, 6) is -0.721. The number of carbonyl (C=O) groups excluding carboxylic acids is 3. The molecule has 220 valence electrons. The first kappa shape index (κ1) is 27.8. The molecule has 0 saturated carbocycles. The molecule has 0 aliphatic carbocycles. The largest absolute Gasteiger partial charge is 0.369 e. The summed E-state index contributed by atoms with van der Waals surface area (Å²) in [7, 11) is 0. The van der Waals surface area contributed by atoms with Crippen molar-refractivity contribution in [2.75, 3.05) is 22.9 Å². The van der Waals surface area contributed by atoms with Gasteiger partial charge in [0.05, 0.1) is 17.9 Å². The number of halogens is 1. The molecule has 2 saturated heterocycles. The second-order valence-electron chi connectivity index (χ2n) is 12.0. The topological polar surface area (TPSA) is 74.1 Å². The summed E-state index contributed by atoms with van der Waals surface area (Å²) in [6.07, 6.45) is 4.19. The third-order valence-electron chi connectivity index (χ3n) is 9.30. The number of nitrogens with zero attached hydrogens (tertiary/aromatic N) is 3. The van der Waals surface area contributed by atoms with E-state index in [9.17, 15) is 18.8 Å². The molecule has 0 radical (unpaired) electrons. The van der Waals surface area contributed by atoms with E-state index in [-0.39, 0.29) is 24.1 Å². The van der Waals surface area contributed by atoms with Crippen molar-refractivity contribution in [3.8, 4) is 0 Å². The van der Waals surface area contributed by atoms with E-state index in [1.165, 1.54) is 17.2 Å². The highest BCUT2D eigenvalue weighted by Crippen LogP contribution is 2.41. The molecule has 4 aromatic rings. The smallest absolute Gasteiger partial charge is 0.259 e. The Hall–Kier alpha value is -5.03. The third-order valence-corrected chi connectivity index (χ3v) is 9.30. The fraction of sp³-hybridized carbons (Fsp3) is 0.278. The number of amides is 3. The molecule has 3 amide bonds. The van der Waals surface area contributed by atoms with Crippen molar-refractivity contribution in [2.24, 2.45) is 5.92 Å². The van der Waals surface area contributed by atoms with Gasteiger partial charge in [-0.1, -0.05) is 48.5 Å². The Labute approximate surface area is 255 Å². The predicted octanol–water partition coefficient (Wildman–Crippen LogP) is 6.34. The Bertz CT molecular complexity index is 1850. The fourth-order valence-corrected chi connectivity index (χ4v) is 7.00. The zero-order valence-corrected chi connectivity index (χ0v) is 24.2. The molecule has 3 aliphatic heterocycles. The number of imide groups is 1. The molecule has 4 aromatic carbocycles. The van der Waals surface area contributed by atoms with Crippen molar-refractivity contribution in [3.63, 3.8) is 0 Å². The lowest BCUT2D eigenvalue weighted by atomic mass is 9.89. The Morgan fingerprint density at radius 3 is 2.36 bits per heavy atom. The van der Waals surface area contributed by atoms with Crippen molar-refractivity contribution >= 4 is 45.6 Å². The van der Waals surface area contributed by atoms with Crippen LogP contribution in [0.1, 0.15) is 52.7 Å². The first-order chi connectivity index (χ1) is 21.4. The Balaban J connectivity index is 1.03. The van der Waals surface area contributed by atoms with E-state index in [1.807, 2.05) is 30.3 Å². The minimum absolute atomic E-state index is 0.199. The zero-order chi connectivity index (χ0) is 30.4. The summed E-state index contributed by atoms with van der Waals surface area (Å²) < 4.78 is 14.5. The molecule has 3 heterocycles. The SMILES string of the molecule is [C-]#[N+]c1ccc(N2CCC(Cc3ccc(Cc4ccc5c6c(cccc46)C(=O)N5C4CCC(=O)NC4=O)cc3)CC2)c(F)c1. The number of hydrogen-bond acceptors (Lipinski definition) is 4. The molecule has 0 spiro atoms. The van der Waals surface area contributed by atoms with Crippen molar-refractivity contribution in [3.05, 3.63) is 112 Å². The molecule has 0 aromatic heterocycles. The maximum atomic E-state index is 14.5. The summed E-state index contributed by atoms with van der Waals surface area (Å²) >= 11 is 0. The van der Waals surface area contributed by atoms with Gasteiger partial charge in [-0.05, 0) is 84.4 Å². The van der Waals surface area contributed by atoms with Crippen molar-refractivity contribution in [2.45, 2.75) is 44.6 Å². The van der Waals surface area contributed by atoms with Crippen LogP contribution in [0.25, 0.3) is 15.6 Å². The minimum atomic E-state index is -0.695. The number of anilines is 2. The average Bonchev–Trinajstić information content (AvgIpc) is 3.32. The van der Waals surface area contributed by atoms with E-state index in [1.54, 1.807) is 17.0 Å². The zero-order valence-electron chi connectivity index (χ0n) is 24.2. The highest BCUT2D eigenvalue weighted by Gasteiger charge is 2.40. The lowest BCUT2D eigenvalue weighted by Gasteiger charge is -2.34. The second kappa shape index (κ2) is 11.2. The van der Waals surface area contributed by atoms with E-state index in [4.69, 9.17) is 6.57 Å². The minimum Gasteiger partial charge on any atom is -0.369 e. The van der Waals surface area contributed by atoms with Crippen LogP contribution in [0.2, 0.25) is 0 Å². The maximum absolute atomic E-state index is 14.5. The molecule has 8 heteroatoms. The van der Waals surface area contributed by atoms with Gasteiger partial charge in [0.1, 0.15) is 11.9 Å². The van der Waals surface area contributed by atoms with Crippen molar-refractivity contribution < 1.29 is 18.8 Å². The monoisotopic (exact) mass is 586 g/mol. The van der Waals surface area contributed by atoms with Gasteiger partial charge in [-0.3, -0.25) is 24.6 Å². The van der Waals surface area contributed by atoms with E-state index in [0.29, 0.717) is 35.7 Å². The van der Waals surface area contributed by atoms with Crippen LogP contribution >= 0.6 is 0 Å². The van der Waals surface area contributed by atoms with Crippen LogP contribution < -0.4 is 15.1 Å². The maximum Gasteiger partial charge on any atom is 0.259 e. The van der Waals surface area contributed by atoms with Crippen LogP contribution in [0.15, 0.2) is 72.8 Å². The van der Waals surface area contributed by atoms with Crippen LogP contribution in [0.3, 0.4) is 0 Å². The lowest BCUT2D eigenvalue weighted by Crippen LogP contribution is -2.53. The van der Waals surface area contributed by atoms with Crippen LogP contribution in [-0.4, -0.2) is 36.9 Å². The van der Waals surface area contributed by atoms with Crippen molar-refractivity contribution in [1.82, 2.24) is 5.32 Å². The molecular formula is C36H31FN4O3. The molecular weight excluding hydrogens is 555 g/mol. The summed E-state index contributed by atoms with van der Waals surface area (Å²) in [5.41, 5.74) is 5.79. The number of rotatable bonds is 6. The van der Waals surface area contributed by atoms with Crippen LogP contribution in [0.4, 0.5) is 21.5 Å². The van der Waals surface area contributed by atoms with E-state index < -0.39 is 11.9 Å². The standard InChI is InChI=1S/C36H31FN4O3/c1-38-26-10-12-30(29(37)21-26)40-17-15-24(16-18-40)19-22-5-7-23(8-6-22)20-25-9-11-31-34-27(25)3-2-4-28(34)36(44)41(31)32-13-14-33(42)39-35(32)43/h2-12,21,24,32H,13-20H2,(H,39,42,43). The number of hydrogen-bond donors (Lipinski definition) is 1. The average molecular weight is 587 g/mol. The lowest BCUT2D eigenvalue weighted by molar-refractivity contribution is -0.134. The Morgan fingerprint density at radius 1 is 0.886 bits per heavy atom. The van der Waals surface area contributed by atoms with Gasteiger partial charge in [0.2, 0.25) is 11.8 Å². The fourth-order valence-electron chi connectivity index (χ4n) is 7.00. The third kappa shape index (κ3) is 4.98. The van der Waals surface area contributed by atoms with E-state index in [0.717, 1.165) is 54.4 Å². The Morgan fingerprint density at radius 2 is 1.64 bits per heavy atom. The van der Waals surface area contributed by atoms with Gasteiger partial charge in [0, 0.05) is 30.5 Å². The van der Waals surface area contributed by atoms with E-state index in [2.05, 4.69) is 39.3 Å². The number of carbonyl (C=O) groups is 3. The van der Waals surface area contributed by atoms with Gasteiger partial charge in [-0.2, -0.15) is 0 Å². The summed E-state index contributed by atoms with van der Waals surface area (Å²) in [5, 5.41) is 4.24. The van der Waals surface area contributed by atoms with Crippen molar-refractivity contribution in [1.29, 1.82) is 0 Å². The normalized spacial score (nSPS) is 18.5. The molecule has 1 atom stereocenters. The highest BCUT2D eigenvalue weighted by molar-refractivity contribution is 6.27. The molecule has 44 heavy (non-hydrogen) atoms. The van der Waals surface area contributed by atoms with Crippen LogP contribution in [0, 0.1) is 18.3 Å². The van der Waals surface area contributed by atoms with Crippen LogP contribution in [0.5, 0.6) is 0 Å². The van der Waals surface area contributed by atoms with Crippen LogP contribution in [-0.2, 0) is 22.4 Å². The van der Waals surface area contributed by atoms with Gasteiger partial charge in [0.25, 0.3) is 5.91 Å². The molecule has 0 bridgehead atoms. The molecule has 1 N–H and O–H groups in total. The molecule has 7 nitrogen and oxygen atoms in total. The molecule has 2 fully saturated rings. The Kier molecular flexibility index (Phi) is 7.09. The number of benzene rings is 4. The quantitative estimate of drug-likeness (QED) is 0.211. The highest BCUT2D eigenvalue weighted by atomic mass is 19.1.